The van der Waals surface area contributed by atoms with E-state index in [0.29, 0.717) is 10.6 Å². The van der Waals surface area contributed by atoms with Gasteiger partial charge in [-0.25, -0.2) is 0 Å². The molecule has 0 atom stereocenters. The van der Waals surface area contributed by atoms with Crippen molar-refractivity contribution in [2.75, 3.05) is 6.54 Å². The maximum Gasteiger partial charge on any atom is 0.193 e. The number of aryl methyl sites for hydroxylation is 2. The molecule has 2 aromatic rings. The normalized spacial score (nSPS) is 10.6. The minimum absolute atomic E-state index is 0.0395. The second-order valence-electron chi connectivity index (χ2n) is 5.23. The lowest BCUT2D eigenvalue weighted by Crippen LogP contribution is -2.04. The van der Waals surface area contributed by atoms with E-state index in [1.807, 2.05) is 19.1 Å². The Morgan fingerprint density at radius 2 is 1.81 bits per heavy atom. The summed E-state index contributed by atoms with van der Waals surface area (Å²) in [4.78, 5) is 12.5. The van der Waals surface area contributed by atoms with Crippen molar-refractivity contribution in [2.24, 2.45) is 5.73 Å². The Hall–Kier alpha value is -1.64. The van der Waals surface area contributed by atoms with Crippen LogP contribution in [0, 0.1) is 6.92 Å². The highest BCUT2D eigenvalue weighted by Crippen LogP contribution is 2.18. The summed E-state index contributed by atoms with van der Waals surface area (Å²) in [6.45, 7) is 2.71. The molecule has 21 heavy (non-hydrogen) atoms. The number of carbonyl (C=O) groups excluding carboxylic acids is 1. The van der Waals surface area contributed by atoms with Crippen LogP contribution in [0.5, 0.6) is 0 Å². The van der Waals surface area contributed by atoms with Crippen molar-refractivity contribution < 1.29 is 4.79 Å². The molecule has 2 N–H and O–H groups in total. The largest absolute Gasteiger partial charge is 0.330 e. The molecule has 0 unspecified atom stereocenters. The van der Waals surface area contributed by atoms with Crippen LogP contribution in [0.1, 0.15) is 39.9 Å². The predicted molar refractivity (Wildman–Crippen MR) is 88.1 cm³/mol. The molecule has 0 spiro atoms. The van der Waals surface area contributed by atoms with Gasteiger partial charge in [-0.2, -0.15) is 0 Å². The van der Waals surface area contributed by atoms with E-state index in [9.17, 15) is 4.79 Å². The minimum atomic E-state index is 0.0395. The van der Waals surface area contributed by atoms with Gasteiger partial charge >= 0.3 is 0 Å². The lowest BCUT2D eigenvalue weighted by Gasteiger charge is -2.08. The molecule has 0 saturated heterocycles. The van der Waals surface area contributed by atoms with Crippen LogP contribution in [-0.2, 0) is 6.42 Å². The third-order valence-electron chi connectivity index (χ3n) is 3.56. The minimum Gasteiger partial charge on any atom is -0.330 e. The van der Waals surface area contributed by atoms with Crippen LogP contribution in [0.15, 0.2) is 42.5 Å². The number of benzene rings is 2. The SMILES string of the molecule is Cc1cc(CCCCN)ccc1C(=O)c1ccc(Cl)cc1. The molecule has 110 valence electrons. The summed E-state index contributed by atoms with van der Waals surface area (Å²) >= 11 is 5.85. The average molecular weight is 302 g/mol. The van der Waals surface area contributed by atoms with Crippen molar-refractivity contribution >= 4 is 17.4 Å². The van der Waals surface area contributed by atoms with E-state index in [2.05, 4.69) is 6.07 Å². The molecular weight excluding hydrogens is 282 g/mol. The first-order valence-corrected chi connectivity index (χ1v) is 7.59. The van der Waals surface area contributed by atoms with Crippen LogP contribution >= 0.6 is 11.6 Å². The highest BCUT2D eigenvalue weighted by molar-refractivity contribution is 6.30. The molecule has 0 bridgehead atoms. The molecule has 0 aliphatic rings. The summed E-state index contributed by atoms with van der Waals surface area (Å²) < 4.78 is 0. The van der Waals surface area contributed by atoms with Crippen LogP contribution in [0.4, 0.5) is 0 Å². The van der Waals surface area contributed by atoms with Gasteiger partial charge in [-0.3, -0.25) is 4.79 Å². The van der Waals surface area contributed by atoms with Crippen molar-refractivity contribution in [1.82, 2.24) is 0 Å². The molecule has 0 radical (unpaired) electrons. The molecule has 2 rings (SSSR count). The molecule has 0 fully saturated rings. The average Bonchev–Trinajstić information content (AvgIpc) is 2.48. The summed E-state index contributed by atoms with van der Waals surface area (Å²) in [5.41, 5.74) is 9.19. The Morgan fingerprint density at radius 3 is 2.43 bits per heavy atom. The van der Waals surface area contributed by atoms with Gasteiger partial charge in [0, 0.05) is 16.1 Å². The van der Waals surface area contributed by atoms with Crippen LogP contribution in [0.2, 0.25) is 5.02 Å². The maximum atomic E-state index is 12.5. The quantitative estimate of drug-likeness (QED) is 0.643. The number of unbranched alkanes of at least 4 members (excludes halogenated alkanes) is 1. The van der Waals surface area contributed by atoms with Crippen molar-refractivity contribution in [1.29, 1.82) is 0 Å². The van der Waals surface area contributed by atoms with E-state index >= 15 is 0 Å². The highest BCUT2D eigenvalue weighted by atomic mass is 35.5. The van der Waals surface area contributed by atoms with Gasteiger partial charge in [-0.05, 0) is 68.1 Å². The molecule has 0 aliphatic carbocycles. The molecule has 0 aliphatic heterocycles. The van der Waals surface area contributed by atoms with E-state index < -0.39 is 0 Å². The van der Waals surface area contributed by atoms with E-state index in [-0.39, 0.29) is 5.78 Å². The Labute approximate surface area is 130 Å². The van der Waals surface area contributed by atoms with Crippen molar-refractivity contribution in [3.05, 3.63) is 69.7 Å². The first-order valence-electron chi connectivity index (χ1n) is 7.21. The van der Waals surface area contributed by atoms with E-state index in [4.69, 9.17) is 17.3 Å². The third kappa shape index (κ3) is 4.16. The molecule has 0 amide bonds. The first-order chi connectivity index (χ1) is 10.1. The lowest BCUT2D eigenvalue weighted by molar-refractivity contribution is 0.103. The van der Waals surface area contributed by atoms with Gasteiger partial charge in [0.2, 0.25) is 0 Å². The molecular formula is C18H20ClNO. The Bertz CT molecular complexity index is 620. The van der Waals surface area contributed by atoms with E-state index in [1.165, 1.54) is 5.56 Å². The summed E-state index contributed by atoms with van der Waals surface area (Å²) in [7, 11) is 0. The van der Waals surface area contributed by atoms with Crippen molar-refractivity contribution in [3.63, 3.8) is 0 Å². The van der Waals surface area contributed by atoms with Crippen molar-refractivity contribution in [2.45, 2.75) is 26.2 Å². The van der Waals surface area contributed by atoms with Gasteiger partial charge in [0.25, 0.3) is 0 Å². The van der Waals surface area contributed by atoms with Gasteiger partial charge in [0.05, 0.1) is 0 Å². The Kier molecular flexibility index (Phi) is 5.54. The first kappa shape index (κ1) is 15.7. The number of ketones is 1. The maximum absolute atomic E-state index is 12.5. The molecule has 0 heterocycles. The van der Waals surface area contributed by atoms with Gasteiger partial charge in [-0.15, -0.1) is 0 Å². The second-order valence-corrected chi connectivity index (χ2v) is 5.67. The van der Waals surface area contributed by atoms with Gasteiger partial charge in [-0.1, -0.05) is 29.8 Å². The topological polar surface area (TPSA) is 43.1 Å². The summed E-state index contributed by atoms with van der Waals surface area (Å²) in [6.07, 6.45) is 3.12. The molecule has 3 heteroatoms. The van der Waals surface area contributed by atoms with E-state index in [1.54, 1.807) is 24.3 Å². The zero-order valence-electron chi connectivity index (χ0n) is 12.2. The fourth-order valence-electron chi connectivity index (χ4n) is 2.37. The highest BCUT2D eigenvalue weighted by Gasteiger charge is 2.12. The fraction of sp³-hybridized carbons (Fsp3) is 0.278. The molecule has 2 nitrogen and oxygen atoms in total. The number of nitrogens with two attached hydrogens (primary N) is 1. The molecule has 0 aromatic heterocycles. The number of carbonyl (C=O) groups is 1. The van der Waals surface area contributed by atoms with Crippen LogP contribution in [0.25, 0.3) is 0 Å². The zero-order valence-corrected chi connectivity index (χ0v) is 13.0. The summed E-state index contributed by atoms with van der Waals surface area (Å²) in [6, 6.07) is 13.1. The number of hydrogen-bond acceptors (Lipinski definition) is 2. The summed E-state index contributed by atoms with van der Waals surface area (Å²) in [5, 5.41) is 0.638. The zero-order chi connectivity index (χ0) is 15.2. The fourth-order valence-corrected chi connectivity index (χ4v) is 2.49. The number of halogens is 1. The Balaban J connectivity index is 2.16. The van der Waals surface area contributed by atoms with Crippen LogP contribution < -0.4 is 5.73 Å². The predicted octanol–water partition coefficient (Wildman–Crippen LogP) is 4.16. The number of rotatable bonds is 6. The second kappa shape index (κ2) is 7.39. The summed E-state index contributed by atoms with van der Waals surface area (Å²) in [5.74, 6) is 0.0395. The van der Waals surface area contributed by atoms with E-state index in [0.717, 1.165) is 36.9 Å². The Morgan fingerprint density at radius 1 is 1.10 bits per heavy atom. The smallest absolute Gasteiger partial charge is 0.193 e. The van der Waals surface area contributed by atoms with Crippen LogP contribution in [0.3, 0.4) is 0 Å². The van der Waals surface area contributed by atoms with Crippen molar-refractivity contribution in [3.8, 4) is 0 Å². The standard InChI is InChI=1S/C18H20ClNO/c1-13-12-14(4-2-3-11-20)5-10-17(13)18(21)15-6-8-16(19)9-7-15/h5-10,12H,2-4,11,20H2,1H3. The van der Waals surface area contributed by atoms with Gasteiger partial charge in [0.1, 0.15) is 0 Å². The van der Waals surface area contributed by atoms with Crippen LogP contribution in [-0.4, -0.2) is 12.3 Å². The molecule has 2 aromatic carbocycles. The number of hydrogen-bond donors (Lipinski definition) is 1. The van der Waals surface area contributed by atoms with Gasteiger partial charge < -0.3 is 5.73 Å². The lowest BCUT2D eigenvalue weighted by atomic mass is 9.96. The molecule has 0 saturated carbocycles. The van der Waals surface area contributed by atoms with Gasteiger partial charge in [0.15, 0.2) is 5.78 Å². The third-order valence-corrected chi connectivity index (χ3v) is 3.81. The monoisotopic (exact) mass is 301 g/mol.